The van der Waals surface area contributed by atoms with Gasteiger partial charge in [0.1, 0.15) is 17.8 Å². The highest BCUT2D eigenvalue weighted by atomic mass is 19.1. The van der Waals surface area contributed by atoms with E-state index < -0.39 is 18.0 Å². The first-order valence-corrected chi connectivity index (χ1v) is 13.2. The molecule has 2 atom stereocenters. The Bertz CT molecular complexity index is 1930. The van der Waals surface area contributed by atoms with Crippen molar-refractivity contribution in [2.45, 2.75) is 37.4 Å². The van der Waals surface area contributed by atoms with Crippen LogP contribution in [-0.2, 0) is 0 Å². The zero-order chi connectivity index (χ0) is 30.0. The quantitative estimate of drug-likeness (QED) is 0.218. The molecule has 6 rings (SSSR count). The zero-order valence-electron chi connectivity index (χ0n) is 23.2. The second-order valence-electron chi connectivity index (χ2n) is 9.84. The lowest BCUT2D eigenvalue weighted by Crippen LogP contribution is -2.14. The number of nitriles is 3. The maximum atomic E-state index is 13.8. The van der Waals surface area contributed by atoms with Crippen LogP contribution in [0.1, 0.15) is 66.7 Å². The third-order valence-corrected chi connectivity index (χ3v) is 7.00. The van der Waals surface area contributed by atoms with Crippen LogP contribution in [0.2, 0.25) is 0 Å². The molecule has 3 heterocycles. The Morgan fingerprint density at radius 1 is 0.976 bits per heavy atom. The first-order valence-electron chi connectivity index (χ1n) is 13.7. The number of fused-ring (bicyclic) bond motifs is 1. The Morgan fingerprint density at radius 3 is 2.48 bits per heavy atom. The van der Waals surface area contributed by atoms with Gasteiger partial charge in [0.15, 0.2) is 0 Å². The summed E-state index contributed by atoms with van der Waals surface area (Å²) in [6.07, 6.45) is 6.38. The largest absolute Gasteiger partial charge is 0.376 e. The van der Waals surface area contributed by atoms with Crippen LogP contribution in [0.3, 0.4) is 0 Å². The molecule has 0 spiro atoms. The number of aromatic nitrogens is 5. The van der Waals surface area contributed by atoms with E-state index in [1.54, 1.807) is 23.0 Å². The molecule has 1 saturated carbocycles. The van der Waals surface area contributed by atoms with Crippen LogP contribution in [0.4, 0.5) is 15.8 Å². The van der Waals surface area contributed by atoms with E-state index in [4.69, 9.17) is 0 Å². The minimum Gasteiger partial charge on any atom is -0.376 e. The summed E-state index contributed by atoms with van der Waals surface area (Å²) >= 11 is 0. The lowest BCUT2D eigenvalue weighted by Gasteiger charge is -2.22. The Balaban J connectivity index is 1.49. The van der Waals surface area contributed by atoms with E-state index in [1.807, 2.05) is 30.3 Å². The van der Waals surface area contributed by atoms with Crippen molar-refractivity contribution < 1.29 is 5.76 Å². The van der Waals surface area contributed by atoms with E-state index in [2.05, 4.69) is 49.1 Å². The van der Waals surface area contributed by atoms with Crippen LogP contribution in [-0.4, -0.2) is 25.0 Å². The number of nitrogens with one attached hydrogen (secondary N) is 2. The number of pyridine rings is 2. The van der Waals surface area contributed by atoms with Crippen molar-refractivity contribution in [1.29, 1.82) is 15.8 Å². The number of hydrogen-bond donors (Lipinski definition) is 2. The Hall–Kier alpha value is -5.86. The van der Waals surface area contributed by atoms with Gasteiger partial charge >= 0.3 is 0 Å². The number of rotatable bonds is 9. The summed E-state index contributed by atoms with van der Waals surface area (Å²) in [4.78, 5) is 8.15. The van der Waals surface area contributed by atoms with Crippen molar-refractivity contribution >= 4 is 22.3 Å². The summed E-state index contributed by atoms with van der Waals surface area (Å²) in [5, 5.41) is 45.1. The second kappa shape index (κ2) is 11.3. The van der Waals surface area contributed by atoms with Gasteiger partial charge in [-0.15, -0.1) is 5.10 Å². The Morgan fingerprint density at radius 2 is 1.79 bits per heavy atom. The predicted molar refractivity (Wildman–Crippen MR) is 152 cm³/mol. The molecule has 1 fully saturated rings. The molecule has 0 saturated heterocycles. The molecule has 0 amide bonds. The molecule has 2 aromatic carbocycles. The maximum Gasteiger partial charge on any atom is 0.212 e. The molecule has 1 aliphatic carbocycles. The summed E-state index contributed by atoms with van der Waals surface area (Å²) in [7, 11) is 0. The van der Waals surface area contributed by atoms with Crippen molar-refractivity contribution in [1.82, 2.24) is 25.0 Å². The van der Waals surface area contributed by atoms with Gasteiger partial charge in [0, 0.05) is 23.5 Å². The molecule has 204 valence electrons. The molecule has 1 aliphatic rings. The molecule has 0 radical (unpaired) electrons. The number of benzene rings is 2. The summed E-state index contributed by atoms with van der Waals surface area (Å²) in [6.45, 7) is 0. The van der Waals surface area contributed by atoms with Crippen LogP contribution in [0, 0.1) is 39.9 Å². The highest BCUT2D eigenvalue weighted by Gasteiger charge is 2.27. The Labute approximate surface area is 242 Å². The third-order valence-electron chi connectivity index (χ3n) is 7.00. The second-order valence-corrected chi connectivity index (χ2v) is 9.84. The van der Waals surface area contributed by atoms with E-state index in [-0.39, 0.29) is 29.3 Å². The molecule has 0 bridgehead atoms. The van der Waals surface area contributed by atoms with Gasteiger partial charge in [0.2, 0.25) is 5.95 Å². The standard InChI is InChI=1S/C31H23FN10/c32-28-9-6-20(16-36-28)31(27-18-42(41-40-27)24-7-8-24)38-23-12-21(14-34)29-25(13-23)30(22(15-35)17-37-29)39-26(10-11-33)19-4-2-1-3-5-19/h1-6,9,12-13,16-18,24,26,31,38H,7-8,10H2,(H,37,39)/t26-,31?/m1/s1/i31D. The van der Waals surface area contributed by atoms with Gasteiger partial charge in [-0.1, -0.05) is 41.6 Å². The number of hydrogen-bond acceptors (Lipinski definition) is 9. The highest BCUT2D eigenvalue weighted by molar-refractivity contribution is 5.99. The molecule has 11 heteroatoms. The van der Waals surface area contributed by atoms with Gasteiger partial charge < -0.3 is 10.6 Å². The van der Waals surface area contributed by atoms with E-state index in [9.17, 15) is 21.5 Å². The fourth-order valence-electron chi connectivity index (χ4n) is 4.76. The summed E-state index contributed by atoms with van der Waals surface area (Å²) < 4.78 is 25.0. The maximum absolute atomic E-state index is 13.8. The van der Waals surface area contributed by atoms with Gasteiger partial charge in [-0.25, -0.2) is 9.67 Å². The van der Waals surface area contributed by atoms with Gasteiger partial charge in [0.05, 0.1) is 60.5 Å². The van der Waals surface area contributed by atoms with Crippen LogP contribution < -0.4 is 10.6 Å². The van der Waals surface area contributed by atoms with Crippen LogP contribution in [0.5, 0.6) is 0 Å². The number of halogens is 1. The van der Waals surface area contributed by atoms with Crippen molar-refractivity contribution in [2.24, 2.45) is 0 Å². The summed E-state index contributed by atoms with van der Waals surface area (Å²) in [5.74, 6) is -0.693. The molecule has 42 heavy (non-hydrogen) atoms. The normalized spacial score (nSPS) is 15.0. The first kappa shape index (κ1) is 25.1. The first-order chi connectivity index (χ1) is 20.9. The average Bonchev–Trinajstić information content (AvgIpc) is 3.76. The summed E-state index contributed by atoms with van der Waals surface area (Å²) in [5.41, 5.74) is 2.92. The van der Waals surface area contributed by atoms with Crippen molar-refractivity contribution in [3.05, 3.63) is 107 Å². The number of nitrogens with zero attached hydrogens (tertiary/aromatic N) is 8. The summed E-state index contributed by atoms with van der Waals surface area (Å²) in [6, 6.07) is 19.7. The van der Waals surface area contributed by atoms with E-state index >= 15 is 0 Å². The molecule has 0 aliphatic heterocycles. The van der Waals surface area contributed by atoms with Crippen LogP contribution in [0.15, 0.2) is 73.2 Å². The molecule has 2 N–H and O–H groups in total. The van der Waals surface area contributed by atoms with Gasteiger partial charge in [-0.2, -0.15) is 20.2 Å². The molecule has 5 aromatic rings. The lowest BCUT2D eigenvalue weighted by atomic mass is 10.00. The van der Waals surface area contributed by atoms with Crippen molar-refractivity contribution in [3.63, 3.8) is 0 Å². The fourth-order valence-corrected chi connectivity index (χ4v) is 4.76. The van der Waals surface area contributed by atoms with Gasteiger partial charge in [-0.3, -0.25) is 4.98 Å². The van der Waals surface area contributed by atoms with E-state index in [1.165, 1.54) is 18.5 Å². The van der Waals surface area contributed by atoms with Crippen LogP contribution >= 0.6 is 0 Å². The fraction of sp³-hybridized carbons (Fsp3) is 0.194. The molecule has 1 unspecified atom stereocenters. The van der Waals surface area contributed by atoms with Crippen molar-refractivity contribution in [2.75, 3.05) is 10.6 Å². The minimum atomic E-state index is -1.77. The molecule has 10 nitrogen and oxygen atoms in total. The van der Waals surface area contributed by atoms with E-state index in [0.29, 0.717) is 27.8 Å². The third kappa shape index (κ3) is 5.30. The molecule has 3 aromatic heterocycles. The lowest BCUT2D eigenvalue weighted by molar-refractivity contribution is 0.581. The zero-order valence-corrected chi connectivity index (χ0v) is 22.2. The minimum absolute atomic E-state index is 0.117. The van der Waals surface area contributed by atoms with Gasteiger partial charge in [0.25, 0.3) is 0 Å². The Kier molecular flexibility index (Phi) is 6.78. The van der Waals surface area contributed by atoms with Gasteiger partial charge in [-0.05, 0) is 42.2 Å². The molecular formula is C31H23FN10. The average molecular weight is 556 g/mol. The SMILES string of the molecule is [2H]C(Nc1cc(C#N)c2ncc(C#N)c(N[C@H](CC#N)c3ccccc3)c2c1)(c1ccc(F)nc1)c1cn(C2CC2)nn1. The number of anilines is 2. The predicted octanol–water partition coefficient (Wildman–Crippen LogP) is 5.71. The topological polar surface area (TPSA) is 152 Å². The smallest absolute Gasteiger partial charge is 0.212 e. The van der Waals surface area contributed by atoms with E-state index in [0.717, 1.165) is 24.5 Å². The van der Waals surface area contributed by atoms with Crippen molar-refractivity contribution in [3.8, 4) is 18.2 Å². The monoisotopic (exact) mass is 555 g/mol. The van der Waals surface area contributed by atoms with Crippen LogP contribution in [0.25, 0.3) is 10.9 Å². The molecular weight excluding hydrogens is 531 g/mol. The highest BCUT2D eigenvalue weighted by Crippen LogP contribution is 2.37.